The van der Waals surface area contributed by atoms with Crippen LogP contribution in [0.4, 0.5) is 5.69 Å². The molecule has 150 valence electrons. The summed E-state index contributed by atoms with van der Waals surface area (Å²) in [6.45, 7) is 3.89. The molecule has 5 nitrogen and oxygen atoms in total. The fourth-order valence-electron chi connectivity index (χ4n) is 3.54. The van der Waals surface area contributed by atoms with Crippen molar-refractivity contribution >= 4 is 11.6 Å². The molecular weight excluding hydrogens is 350 g/mol. The van der Waals surface area contributed by atoms with Gasteiger partial charge in [-0.1, -0.05) is 42.5 Å². The van der Waals surface area contributed by atoms with Crippen molar-refractivity contribution in [3.05, 3.63) is 65.7 Å². The van der Waals surface area contributed by atoms with Gasteiger partial charge in [0.2, 0.25) is 5.91 Å². The lowest BCUT2D eigenvalue weighted by molar-refractivity contribution is -0.121. The molecule has 28 heavy (non-hydrogen) atoms. The summed E-state index contributed by atoms with van der Waals surface area (Å²) in [5.74, 6) is 0.104. The Bertz CT molecular complexity index is 725. The molecule has 2 aromatic carbocycles. The molecule has 1 saturated heterocycles. The molecule has 0 radical (unpaired) electrons. The van der Waals surface area contributed by atoms with E-state index in [0.29, 0.717) is 13.0 Å². The van der Waals surface area contributed by atoms with Crippen molar-refractivity contribution in [1.29, 1.82) is 0 Å². The summed E-state index contributed by atoms with van der Waals surface area (Å²) in [5, 5.41) is 3.15. The number of hydrogen-bond donors (Lipinski definition) is 1. The van der Waals surface area contributed by atoms with Gasteiger partial charge in [-0.05, 0) is 29.7 Å². The maximum atomic E-state index is 12.4. The van der Waals surface area contributed by atoms with Crippen LogP contribution in [0.3, 0.4) is 0 Å². The number of carbonyl (C=O) groups excluding carboxylic acids is 1. The Kier molecular flexibility index (Phi) is 7.46. The molecule has 1 unspecified atom stereocenters. The second-order valence-electron chi connectivity index (χ2n) is 7.44. The first kappa shape index (κ1) is 20.4. The van der Waals surface area contributed by atoms with Gasteiger partial charge in [0.25, 0.3) is 0 Å². The highest BCUT2D eigenvalue weighted by atomic mass is 16.5. The summed E-state index contributed by atoms with van der Waals surface area (Å²) in [7, 11) is 4.09. The maximum Gasteiger partial charge on any atom is 0.220 e. The molecule has 3 rings (SSSR count). The zero-order valence-electron chi connectivity index (χ0n) is 16.9. The normalized spacial score (nSPS) is 15.8. The number of rotatable bonds is 8. The van der Waals surface area contributed by atoms with Gasteiger partial charge in [0.05, 0.1) is 19.3 Å². The predicted octanol–water partition coefficient (Wildman–Crippen LogP) is 2.87. The van der Waals surface area contributed by atoms with E-state index in [-0.39, 0.29) is 11.9 Å². The first-order valence-electron chi connectivity index (χ1n) is 10.0. The average molecular weight is 382 g/mol. The molecule has 1 amide bonds. The second-order valence-corrected chi connectivity index (χ2v) is 7.44. The molecule has 2 aromatic rings. The average Bonchev–Trinajstić information content (AvgIpc) is 2.74. The van der Waals surface area contributed by atoms with Crippen LogP contribution in [0.1, 0.15) is 23.6 Å². The molecule has 1 fully saturated rings. The Hall–Kier alpha value is -2.37. The van der Waals surface area contributed by atoms with E-state index in [1.165, 1.54) is 16.8 Å². The van der Waals surface area contributed by atoms with Crippen LogP contribution in [0.2, 0.25) is 0 Å². The van der Waals surface area contributed by atoms with E-state index in [2.05, 4.69) is 51.5 Å². The van der Waals surface area contributed by atoms with Gasteiger partial charge in [0.15, 0.2) is 0 Å². The molecule has 0 aromatic heterocycles. The van der Waals surface area contributed by atoms with Crippen molar-refractivity contribution in [2.75, 3.05) is 51.8 Å². The summed E-state index contributed by atoms with van der Waals surface area (Å²) in [4.78, 5) is 16.9. The van der Waals surface area contributed by atoms with Crippen LogP contribution in [0.25, 0.3) is 0 Å². The number of amides is 1. The van der Waals surface area contributed by atoms with Crippen LogP contribution in [0, 0.1) is 0 Å². The van der Waals surface area contributed by atoms with Gasteiger partial charge < -0.3 is 15.0 Å². The number of nitrogens with one attached hydrogen (secondary N) is 1. The van der Waals surface area contributed by atoms with Gasteiger partial charge in [-0.2, -0.15) is 0 Å². The molecule has 0 aliphatic carbocycles. The lowest BCUT2D eigenvalue weighted by Crippen LogP contribution is -2.43. The Morgan fingerprint density at radius 3 is 2.39 bits per heavy atom. The number of anilines is 1. The minimum absolute atomic E-state index is 0.104. The smallest absolute Gasteiger partial charge is 0.220 e. The molecular formula is C23H31N3O2. The van der Waals surface area contributed by atoms with E-state index in [1.54, 1.807) is 0 Å². The van der Waals surface area contributed by atoms with Crippen molar-refractivity contribution in [1.82, 2.24) is 10.2 Å². The number of ether oxygens (including phenoxy) is 1. The molecule has 0 spiro atoms. The predicted molar refractivity (Wildman–Crippen MR) is 114 cm³/mol. The summed E-state index contributed by atoms with van der Waals surface area (Å²) in [5.41, 5.74) is 3.61. The summed E-state index contributed by atoms with van der Waals surface area (Å²) in [6, 6.07) is 18.9. The fraction of sp³-hybridized carbons (Fsp3) is 0.435. The highest BCUT2D eigenvalue weighted by molar-refractivity contribution is 5.76. The Labute approximate surface area is 168 Å². The SMILES string of the molecule is CN(C)c1ccc(C(CNC(=O)CCc2ccccc2)N2CCOCC2)cc1. The van der Waals surface area contributed by atoms with Gasteiger partial charge in [0, 0.05) is 45.8 Å². The minimum atomic E-state index is 0.104. The Morgan fingerprint density at radius 2 is 1.75 bits per heavy atom. The summed E-state index contributed by atoms with van der Waals surface area (Å²) < 4.78 is 5.51. The van der Waals surface area contributed by atoms with Gasteiger partial charge in [0.1, 0.15) is 0 Å². The lowest BCUT2D eigenvalue weighted by Gasteiger charge is -2.35. The first-order valence-corrected chi connectivity index (χ1v) is 10.0. The minimum Gasteiger partial charge on any atom is -0.379 e. The van der Waals surface area contributed by atoms with Gasteiger partial charge in [-0.25, -0.2) is 0 Å². The first-order chi connectivity index (χ1) is 13.6. The molecule has 1 heterocycles. The Morgan fingerprint density at radius 1 is 1.07 bits per heavy atom. The van der Waals surface area contributed by atoms with E-state index < -0.39 is 0 Å². The van der Waals surface area contributed by atoms with E-state index in [0.717, 1.165) is 32.7 Å². The third-order valence-corrected chi connectivity index (χ3v) is 5.26. The number of nitrogens with zero attached hydrogens (tertiary/aromatic N) is 2. The summed E-state index contributed by atoms with van der Waals surface area (Å²) >= 11 is 0. The number of carbonyl (C=O) groups is 1. The zero-order valence-corrected chi connectivity index (χ0v) is 16.9. The lowest BCUT2D eigenvalue weighted by atomic mass is 10.0. The standard InChI is InChI=1S/C23H31N3O2/c1-25(2)21-11-9-20(10-12-21)22(26-14-16-28-17-15-26)18-24-23(27)13-8-19-6-4-3-5-7-19/h3-7,9-12,22H,8,13-18H2,1-2H3,(H,24,27). The number of aryl methyl sites for hydroxylation is 1. The monoisotopic (exact) mass is 381 g/mol. The third-order valence-electron chi connectivity index (χ3n) is 5.26. The van der Waals surface area contributed by atoms with Gasteiger partial charge in [-0.3, -0.25) is 9.69 Å². The molecule has 1 aliphatic heterocycles. The molecule has 0 bridgehead atoms. The molecule has 1 N–H and O–H groups in total. The van der Waals surface area contributed by atoms with E-state index in [4.69, 9.17) is 4.74 Å². The molecule has 1 aliphatic rings. The van der Waals surface area contributed by atoms with Crippen LogP contribution >= 0.6 is 0 Å². The van der Waals surface area contributed by atoms with E-state index in [1.807, 2.05) is 32.3 Å². The number of hydrogen-bond acceptors (Lipinski definition) is 4. The van der Waals surface area contributed by atoms with Gasteiger partial charge >= 0.3 is 0 Å². The summed E-state index contributed by atoms with van der Waals surface area (Å²) in [6.07, 6.45) is 1.28. The van der Waals surface area contributed by atoms with Crippen LogP contribution in [-0.4, -0.2) is 57.8 Å². The van der Waals surface area contributed by atoms with Gasteiger partial charge in [-0.15, -0.1) is 0 Å². The van der Waals surface area contributed by atoms with Crippen LogP contribution in [0.15, 0.2) is 54.6 Å². The molecule has 5 heteroatoms. The van der Waals surface area contributed by atoms with Crippen molar-refractivity contribution in [2.45, 2.75) is 18.9 Å². The fourth-order valence-corrected chi connectivity index (χ4v) is 3.54. The van der Waals surface area contributed by atoms with E-state index in [9.17, 15) is 4.79 Å². The number of benzene rings is 2. The van der Waals surface area contributed by atoms with Crippen LogP contribution in [-0.2, 0) is 16.0 Å². The van der Waals surface area contributed by atoms with Crippen LogP contribution < -0.4 is 10.2 Å². The second kappa shape index (κ2) is 10.2. The highest BCUT2D eigenvalue weighted by Crippen LogP contribution is 2.24. The maximum absolute atomic E-state index is 12.4. The molecule has 1 atom stereocenters. The van der Waals surface area contributed by atoms with Crippen molar-refractivity contribution < 1.29 is 9.53 Å². The topological polar surface area (TPSA) is 44.8 Å². The zero-order chi connectivity index (χ0) is 19.8. The number of morpholine rings is 1. The quantitative estimate of drug-likeness (QED) is 0.764. The van der Waals surface area contributed by atoms with Crippen LogP contribution in [0.5, 0.6) is 0 Å². The molecule has 0 saturated carbocycles. The third kappa shape index (κ3) is 5.81. The van der Waals surface area contributed by atoms with E-state index >= 15 is 0 Å². The van der Waals surface area contributed by atoms with Crippen molar-refractivity contribution in [3.63, 3.8) is 0 Å². The Balaban J connectivity index is 1.61. The largest absolute Gasteiger partial charge is 0.379 e. The highest BCUT2D eigenvalue weighted by Gasteiger charge is 2.23. The van der Waals surface area contributed by atoms with Crippen molar-refractivity contribution in [3.8, 4) is 0 Å². The van der Waals surface area contributed by atoms with Crippen molar-refractivity contribution in [2.24, 2.45) is 0 Å².